The fourth-order valence-corrected chi connectivity index (χ4v) is 0.729. The van der Waals surface area contributed by atoms with Crippen molar-refractivity contribution in [1.29, 1.82) is 0 Å². The molecule has 0 aromatic heterocycles. The molecule has 0 fully saturated rings. The lowest BCUT2D eigenvalue weighted by Crippen LogP contribution is -2.28. The molecule has 0 rings (SSSR count). The Kier molecular flexibility index (Phi) is 5.54. The van der Waals surface area contributed by atoms with Gasteiger partial charge in [-0.05, 0) is 13.5 Å². The smallest absolute Gasteiger partial charge is 0.112 e. The summed E-state index contributed by atoms with van der Waals surface area (Å²) in [6, 6.07) is 0. The van der Waals surface area contributed by atoms with E-state index in [0.29, 0.717) is 19.5 Å². The van der Waals surface area contributed by atoms with Gasteiger partial charge in [-0.15, -0.1) is 0 Å². The van der Waals surface area contributed by atoms with Crippen LogP contribution >= 0.6 is 0 Å². The van der Waals surface area contributed by atoms with Gasteiger partial charge in [-0.1, -0.05) is 6.92 Å². The van der Waals surface area contributed by atoms with E-state index in [2.05, 4.69) is 0 Å². The zero-order valence-corrected chi connectivity index (χ0v) is 6.68. The molecule has 0 saturated carbocycles. The molecule has 1 unspecified atom stereocenters. The summed E-state index contributed by atoms with van der Waals surface area (Å²) in [5, 5.41) is 8.46. The number of halogens is 1. The maximum atomic E-state index is 12.6. The van der Waals surface area contributed by atoms with E-state index in [9.17, 15) is 4.39 Å². The Labute approximate surface area is 61.6 Å². The Morgan fingerprint density at radius 2 is 2.20 bits per heavy atom. The van der Waals surface area contributed by atoms with Gasteiger partial charge in [0, 0.05) is 13.1 Å². The molecule has 0 amide bonds. The number of hydrogen-bond donors (Lipinski definition) is 1. The quantitative estimate of drug-likeness (QED) is 0.620. The zero-order valence-electron chi connectivity index (χ0n) is 6.68. The first-order valence-corrected chi connectivity index (χ1v) is 3.64. The molecular weight excluding hydrogens is 133 g/mol. The predicted molar refractivity (Wildman–Crippen MR) is 39.8 cm³/mol. The van der Waals surface area contributed by atoms with Crippen molar-refractivity contribution in [2.75, 3.05) is 26.7 Å². The van der Waals surface area contributed by atoms with Gasteiger partial charge in [0.25, 0.3) is 0 Å². The highest BCUT2D eigenvalue weighted by atomic mass is 19.1. The van der Waals surface area contributed by atoms with Gasteiger partial charge < -0.3 is 10.0 Å². The third-order valence-electron chi connectivity index (χ3n) is 1.43. The summed E-state index contributed by atoms with van der Waals surface area (Å²) in [5.74, 6) is 0. The van der Waals surface area contributed by atoms with Crippen LogP contribution in [-0.4, -0.2) is 42.9 Å². The number of nitrogens with zero attached hydrogens (tertiary/aromatic N) is 1. The van der Waals surface area contributed by atoms with E-state index in [0.717, 1.165) is 0 Å². The average Bonchev–Trinajstić information content (AvgIpc) is 1.88. The topological polar surface area (TPSA) is 23.5 Å². The monoisotopic (exact) mass is 149 g/mol. The summed E-state index contributed by atoms with van der Waals surface area (Å²) in [6.07, 6.45) is -0.202. The van der Waals surface area contributed by atoms with E-state index in [-0.39, 0.29) is 6.61 Å². The van der Waals surface area contributed by atoms with Crippen LogP contribution in [0.5, 0.6) is 0 Å². The Morgan fingerprint density at radius 1 is 1.60 bits per heavy atom. The second kappa shape index (κ2) is 5.62. The summed E-state index contributed by atoms with van der Waals surface area (Å²) in [5.41, 5.74) is 0. The molecule has 3 heteroatoms. The van der Waals surface area contributed by atoms with Crippen molar-refractivity contribution < 1.29 is 9.50 Å². The fraction of sp³-hybridized carbons (Fsp3) is 1.00. The molecule has 0 aliphatic heterocycles. The molecule has 62 valence electrons. The number of hydrogen-bond acceptors (Lipinski definition) is 2. The lowest BCUT2D eigenvalue weighted by molar-refractivity contribution is 0.177. The van der Waals surface area contributed by atoms with E-state index < -0.39 is 6.17 Å². The Bertz CT molecular complexity index is 80.0. The molecule has 0 aromatic rings. The first-order chi connectivity index (χ1) is 4.70. The van der Waals surface area contributed by atoms with Crippen LogP contribution in [0.25, 0.3) is 0 Å². The third-order valence-corrected chi connectivity index (χ3v) is 1.43. The highest BCUT2D eigenvalue weighted by Crippen LogP contribution is 1.97. The fourth-order valence-electron chi connectivity index (χ4n) is 0.729. The van der Waals surface area contributed by atoms with Crippen LogP contribution < -0.4 is 0 Å². The highest BCUT2D eigenvalue weighted by molar-refractivity contribution is 4.58. The summed E-state index contributed by atoms with van der Waals surface area (Å²) in [6.45, 7) is 2.90. The average molecular weight is 149 g/mol. The van der Waals surface area contributed by atoms with Gasteiger partial charge in [-0.3, -0.25) is 0 Å². The van der Waals surface area contributed by atoms with Gasteiger partial charge >= 0.3 is 0 Å². The normalized spacial score (nSPS) is 14.1. The third kappa shape index (κ3) is 4.70. The first-order valence-electron chi connectivity index (χ1n) is 3.64. The summed E-state index contributed by atoms with van der Waals surface area (Å²) < 4.78 is 12.6. The highest BCUT2D eigenvalue weighted by Gasteiger charge is 2.05. The molecule has 2 nitrogen and oxygen atoms in total. The van der Waals surface area contributed by atoms with Crippen LogP contribution in [0.15, 0.2) is 0 Å². The number of likely N-dealkylation sites (N-methyl/N-ethyl adjacent to an activating group) is 1. The Balaban J connectivity index is 3.27. The Morgan fingerprint density at radius 3 is 2.60 bits per heavy atom. The SMILES string of the molecule is CCC(F)CN(C)CCO. The molecule has 0 spiro atoms. The molecule has 0 aliphatic carbocycles. The van der Waals surface area contributed by atoms with Gasteiger partial charge in [-0.2, -0.15) is 0 Å². The molecule has 0 heterocycles. The molecule has 0 saturated heterocycles. The lowest BCUT2D eigenvalue weighted by atomic mass is 10.3. The van der Waals surface area contributed by atoms with Crippen molar-refractivity contribution in [2.24, 2.45) is 0 Å². The second-order valence-corrected chi connectivity index (χ2v) is 2.49. The number of aliphatic hydroxyl groups is 1. The van der Waals surface area contributed by atoms with Crippen molar-refractivity contribution in [3.63, 3.8) is 0 Å². The van der Waals surface area contributed by atoms with Crippen molar-refractivity contribution in [2.45, 2.75) is 19.5 Å². The Hall–Kier alpha value is -0.150. The van der Waals surface area contributed by atoms with E-state index in [1.54, 1.807) is 11.9 Å². The van der Waals surface area contributed by atoms with Crippen molar-refractivity contribution >= 4 is 0 Å². The van der Waals surface area contributed by atoms with E-state index in [1.807, 2.05) is 6.92 Å². The van der Waals surface area contributed by atoms with Gasteiger partial charge in [0.1, 0.15) is 6.17 Å². The van der Waals surface area contributed by atoms with Crippen molar-refractivity contribution in [3.05, 3.63) is 0 Å². The van der Waals surface area contributed by atoms with Crippen LogP contribution in [0.2, 0.25) is 0 Å². The summed E-state index contributed by atoms with van der Waals surface area (Å²) in [7, 11) is 1.80. The molecule has 0 radical (unpaired) electrons. The maximum absolute atomic E-state index is 12.6. The van der Waals surface area contributed by atoms with Crippen molar-refractivity contribution in [3.8, 4) is 0 Å². The minimum absolute atomic E-state index is 0.104. The molecule has 1 atom stereocenters. The number of alkyl halides is 1. The van der Waals surface area contributed by atoms with Crippen LogP contribution in [0.4, 0.5) is 4.39 Å². The number of rotatable bonds is 5. The second-order valence-electron chi connectivity index (χ2n) is 2.49. The molecule has 0 aliphatic rings. The molecule has 0 aromatic carbocycles. The van der Waals surface area contributed by atoms with Gasteiger partial charge in [0.15, 0.2) is 0 Å². The van der Waals surface area contributed by atoms with Crippen LogP contribution in [0.3, 0.4) is 0 Å². The predicted octanol–water partition coefficient (Wildman–Crippen LogP) is 0.659. The summed E-state index contributed by atoms with van der Waals surface area (Å²) in [4.78, 5) is 1.79. The maximum Gasteiger partial charge on any atom is 0.112 e. The van der Waals surface area contributed by atoms with E-state index in [4.69, 9.17) is 5.11 Å². The minimum atomic E-state index is -0.753. The lowest BCUT2D eigenvalue weighted by Gasteiger charge is -2.16. The van der Waals surface area contributed by atoms with Crippen LogP contribution in [0, 0.1) is 0 Å². The van der Waals surface area contributed by atoms with E-state index in [1.165, 1.54) is 0 Å². The van der Waals surface area contributed by atoms with Crippen LogP contribution in [0.1, 0.15) is 13.3 Å². The zero-order chi connectivity index (χ0) is 7.98. The van der Waals surface area contributed by atoms with Gasteiger partial charge in [0.2, 0.25) is 0 Å². The van der Waals surface area contributed by atoms with E-state index >= 15 is 0 Å². The standard InChI is InChI=1S/C7H16FNO/c1-3-7(8)6-9(2)4-5-10/h7,10H,3-6H2,1-2H3. The molecule has 10 heavy (non-hydrogen) atoms. The van der Waals surface area contributed by atoms with Gasteiger partial charge in [-0.25, -0.2) is 4.39 Å². The first kappa shape index (κ1) is 9.85. The van der Waals surface area contributed by atoms with Crippen molar-refractivity contribution in [1.82, 2.24) is 4.90 Å². The molecule has 1 N–H and O–H groups in total. The minimum Gasteiger partial charge on any atom is -0.395 e. The van der Waals surface area contributed by atoms with Crippen LogP contribution in [-0.2, 0) is 0 Å². The molecule has 0 bridgehead atoms. The largest absolute Gasteiger partial charge is 0.395 e. The number of aliphatic hydroxyl groups excluding tert-OH is 1. The summed E-state index contributed by atoms with van der Waals surface area (Å²) >= 11 is 0. The molecular formula is C7H16FNO. The van der Waals surface area contributed by atoms with Gasteiger partial charge in [0.05, 0.1) is 6.61 Å².